The van der Waals surface area contributed by atoms with Gasteiger partial charge in [-0.25, -0.2) is 4.57 Å². The number of nitrogens with two attached hydrogens (primary N) is 2. The maximum atomic E-state index is 8.88. The van der Waals surface area contributed by atoms with Crippen LogP contribution >= 0.6 is 20.0 Å². The molecule has 0 heterocycles. The maximum Gasteiger partial charge on any atom is 0.466 e. The Balaban J connectivity index is 0. The molecule has 0 aromatic rings. The minimum Gasteiger partial charge on any atom is -0.377 e. The predicted octanol–water partition coefficient (Wildman–Crippen LogP) is -1.74. The van der Waals surface area contributed by atoms with Gasteiger partial charge in [0.2, 0.25) is 0 Å². The second-order valence-corrected chi connectivity index (χ2v) is 2.41. The lowest BCUT2D eigenvalue weighted by Gasteiger charge is -1.82. The van der Waals surface area contributed by atoms with Gasteiger partial charge in [0.25, 0.3) is 0 Å². The average Bonchev–Trinajstić information content (AvgIpc) is 1.19. The summed E-state index contributed by atoms with van der Waals surface area (Å²) in [5.74, 6) is 0. The largest absolute Gasteiger partial charge is 0.466 e. The topological polar surface area (TPSA) is 130 Å². The zero-order chi connectivity index (χ0) is 8.08. The quantitative estimate of drug-likeness (QED) is 0.217. The Morgan fingerprint density at radius 3 is 1.33 bits per heavy atom. The Bertz CT molecular complexity index is 118. The van der Waals surface area contributed by atoms with Crippen molar-refractivity contribution < 1.29 is 19.2 Å². The molecule has 0 atom stereocenters. The number of hydrogen-bond donors (Lipinski definition) is 5. The Labute approximate surface area is 56.7 Å². The first-order chi connectivity index (χ1) is 3.73. The van der Waals surface area contributed by atoms with Gasteiger partial charge in [0.15, 0.2) is 5.11 Å². The van der Waals surface area contributed by atoms with E-state index in [1.165, 1.54) is 0 Å². The lowest BCUT2D eigenvalue weighted by molar-refractivity contribution is 0.275. The average molecular weight is 174 g/mol. The zero-order valence-electron chi connectivity index (χ0n) is 4.26. The minimum atomic E-state index is -4.64. The van der Waals surface area contributed by atoms with E-state index < -0.39 is 7.82 Å². The summed E-state index contributed by atoms with van der Waals surface area (Å²) in [5, 5.41) is 0.000000000000000222. The van der Waals surface area contributed by atoms with Crippen LogP contribution in [0.15, 0.2) is 0 Å². The van der Waals surface area contributed by atoms with E-state index in [1.54, 1.807) is 0 Å². The van der Waals surface area contributed by atoms with Gasteiger partial charge in [0.05, 0.1) is 0 Å². The van der Waals surface area contributed by atoms with Crippen LogP contribution < -0.4 is 11.5 Å². The lowest BCUT2D eigenvalue weighted by Crippen LogP contribution is -2.18. The monoisotopic (exact) mass is 174 g/mol. The molecule has 0 saturated heterocycles. The summed E-state index contributed by atoms with van der Waals surface area (Å²) >= 11 is 4.09. The molecule has 0 aliphatic heterocycles. The van der Waals surface area contributed by atoms with Crippen molar-refractivity contribution in [3.8, 4) is 0 Å². The van der Waals surface area contributed by atoms with Gasteiger partial charge < -0.3 is 26.1 Å². The van der Waals surface area contributed by atoms with Crippen molar-refractivity contribution in [3.63, 3.8) is 0 Å². The molecule has 6 nitrogen and oxygen atoms in total. The molecule has 7 N–H and O–H groups in total. The van der Waals surface area contributed by atoms with E-state index in [0.717, 1.165) is 0 Å². The molecule has 0 radical (unpaired) electrons. The Morgan fingerprint density at radius 1 is 1.33 bits per heavy atom. The summed E-state index contributed by atoms with van der Waals surface area (Å²) in [5.41, 5.74) is 9.24. The third kappa shape index (κ3) is 6560. The molecule has 0 aromatic heterocycles. The fourth-order valence-corrected chi connectivity index (χ4v) is 0. The van der Waals surface area contributed by atoms with Gasteiger partial charge in [-0.05, 0) is 12.2 Å². The first-order valence-electron chi connectivity index (χ1n) is 1.56. The molecule has 0 saturated carbocycles. The molecule has 0 fully saturated rings. The summed E-state index contributed by atoms with van der Waals surface area (Å²) < 4.78 is 8.88. The molecular formula is CH7N2O4PS. The molecule has 8 heteroatoms. The van der Waals surface area contributed by atoms with Crippen molar-refractivity contribution in [2.24, 2.45) is 11.5 Å². The summed E-state index contributed by atoms with van der Waals surface area (Å²) in [6.45, 7) is 0. The SMILES string of the molecule is NC(N)=S.O=P(O)(O)O. The van der Waals surface area contributed by atoms with Crippen molar-refractivity contribution in [2.75, 3.05) is 0 Å². The highest BCUT2D eigenvalue weighted by molar-refractivity contribution is 7.80. The van der Waals surface area contributed by atoms with E-state index in [1.807, 2.05) is 0 Å². The molecule has 9 heavy (non-hydrogen) atoms. The number of thiocarbonyl (C=S) groups is 1. The Morgan fingerprint density at radius 2 is 1.33 bits per heavy atom. The summed E-state index contributed by atoms with van der Waals surface area (Å²) in [4.78, 5) is 21.6. The third-order valence-corrected chi connectivity index (χ3v) is 0. The molecule has 0 aromatic carbocycles. The summed E-state index contributed by atoms with van der Waals surface area (Å²) in [6.07, 6.45) is 0. The second kappa shape index (κ2) is 4.66. The van der Waals surface area contributed by atoms with Crippen molar-refractivity contribution >= 4 is 25.2 Å². The fourth-order valence-electron chi connectivity index (χ4n) is 0. The van der Waals surface area contributed by atoms with Crippen molar-refractivity contribution in [1.29, 1.82) is 0 Å². The van der Waals surface area contributed by atoms with Gasteiger partial charge in [0, 0.05) is 0 Å². The molecule has 0 aliphatic rings. The lowest BCUT2D eigenvalue weighted by atomic mass is 11.3. The van der Waals surface area contributed by atoms with Crippen LogP contribution in [0.25, 0.3) is 0 Å². The summed E-state index contributed by atoms with van der Waals surface area (Å²) in [6, 6.07) is 0. The molecule has 0 rings (SSSR count). The van der Waals surface area contributed by atoms with E-state index in [4.69, 9.17) is 19.2 Å². The van der Waals surface area contributed by atoms with Gasteiger partial charge >= 0.3 is 7.82 Å². The second-order valence-electron chi connectivity index (χ2n) is 0.916. The van der Waals surface area contributed by atoms with E-state index in [9.17, 15) is 0 Å². The first-order valence-corrected chi connectivity index (χ1v) is 3.54. The Kier molecular flexibility index (Phi) is 5.99. The zero-order valence-corrected chi connectivity index (χ0v) is 5.97. The smallest absolute Gasteiger partial charge is 0.377 e. The highest BCUT2D eigenvalue weighted by Gasteiger charge is 2.00. The van der Waals surface area contributed by atoms with Gasteiger partial charge in [0.1, 0.15) is 0 Å². The number of phosphoric acid groups is 1. The van der Waals surface area contributed by atoms with Gasteiger partial charge in [-0.3, -0.25) is 0 Å². The van der Waals surface area contributed by atoms with Crippen LogP contribution in [0.3, 0.4) is 0 Å². The van der Waals surface area contributed by atoms with E-state index >= 15 is 0 Å². The van der Waals surface area contributed by atoms with Crippen LogP contribution in [0.5, 0.6) is 0 Å². The van der Waals surface area contributed by atoms with Crippen LogP contribution in [0.2, 0.25) is 0 Å². The van der Waals surface area contributed by atoms with Crippen LogP contribution in [0, 0.1) is 0 Å². The van der Waals surface area contributed by atoms with E-state index in [-0.39, 0.29) is 5.11 Å². The molecule has 0 bridgehead atoms. The normalized spacial score (nSPS) is 9.22. The first kappa shape index (κ1) is 11.6. The Hall–Kier alpha value is -0.200. The fraction of sp³-hybridized carbons (Fsp3) is 0. The standard InChI is InChI=1S/CH4N2S.H3O4P/c2-1(3)4;1-5(2,3)4/h(H4,2,3,4);(H3,1,2,3,4). The highest BCUT2D eigenvalue weighted by Crippen LogP contribution is 2.25. The van der Waals surface area contributed by atoms with E-state index in [0.29, 0.717) is 0 Å². The summed E-state index contributed by atoms with van der Waals surface area (Å²) in [7, 11) is -4.64. The molecule has 0 amide bonds. The van der Waals surface area contributed by atoms with Crippen LogP contribution in [-0.4, -0.2) is 19.8 Å². The molecule has 56 valence electrons. The van der Waals surface area contributed by atoms with Crippen LogP contribution in [0.4, 0.5) is 0 Å². The molecule has 0 aliphatic carbocycles. The van der Waals surface area contributed by atoms with Crippen molar-refractivity contribution in [1.82, 2.24) is 0 Å². The van der Waals surface area contributed by atoms with Gasteiger partial charge in [-0.1, -0.05) is 0 Å². The van der Waals surface area contributed by atoms with Gasteiger partial charge in [-0.15, -0.1) is 0 Å². The minimum absolute atomic E-state index is 0.000000000000000222. The molecule has 0 unspecified atom stereocenters. The number of hydrogen-bond acceptors (Lipinski definition) is 2. The third-order valence-electron chi connectivity index (χ3n) is 0. The van der Waals surface area contributed by atoms with Crippen molar-refractivity contribution in [3.05, 3.63) is 0 Å². The van der Waals surface area contributed by atoms with Crippen LogP contribution in [0.1, 0.15) is 0 Å². The van der Waals surface area contributed by atoms with Gasteiger partial charge in [-0.2, -0.15) is 0 Å². The predicted molar refractivity (Wildman–Crippen MR) is 35.2 cm³/mol. The number of rotatable bonds is 0. The van der Waals surface area contributed by atoms with Crippen molar-refractivity contribution in [2.45, 2.75) is 0 Å². The van der Waals surface area contributed by atoms with E-state index in [2.05, 4.69) is 23.7 Å². The molecule has 0 spiro atoms. The van der Waals surface area contributed by atoms with Crippen LogP contribution in [-0.2, 0) is 4.57 Å². The molecular weight excluding hydrogens is 167 g/mol. The highest BCUT2D eigenvalue weighted by atomic mass is 32.1. The maximum absolute atomic E-state index is 8.88.